The molecule has 0 aliphatic heterocycles. The molecule has 414 valence electrons. The summed E-state index contributed by atoms with van der Waals surface area (Å²) in [4.78, 5) is 12.5. The van der Waals surface area contributed by atoms with E-state index in [9.17, 15) is 0 Å². The van der Waals surface area contributed by atoms with Gasteiger partial charge in [0.2, 0.25) is 0 Å². The predicted molar refractivity (Wildman–Crippen MR) is 374 cm³/mol. The minimum Gasteiger partial charge on any atom is -0.353 e. The number of benzene rings is 15. The van der Waals surface area contributed by atoms with Gasteiger partial charge in [0.05, 0.1) is 27.8 Å². The molecule has 19 rings (SSSR count). The summed E-state index contributed by atoms with van der Waals surface area (Å²) < 4.78 is 0. The average molecular weight is 1130 g/mol. The highest BCUT2D eigenvalue weighted by Gasteiger charge is 2.54. The lowest BCUT2D eigenvalue weighted by Gasteiger charge is -2.33. The number of para-hydroxylation sites is 6. The fourth-order valence-electron chi connectivity index (χ4n) is 15.9. The van der Waals surface area contributed by atoms with Crippen molar-refractivity contribution in [2.24, 2.45) is 0 Å². The molecule has 17 aromatic rings. The monoisotopic (exact) mass is 1130 g/mol. The Morgan fingerprint density at radius 1 is 0.236 bits per heavy atom. The maximum atomic E-state index is 3.83. The topological polar surface area (TPSA) is 38.1 Å². The van der Waals surface area contributed by atoms with Crippen LogP contribution < -0.4 is 9.80 Å². The fourth-order valence-corrected chi connectivity index (χ4v) is 15.9. The second kappa shape index (κ2) is 19.1. The Balaban J connectivity index is 0.842. The first-order valence-corrected chi connectivity index (χ1v) is 30.8. The molecule has 0 saturated heterocycles. The van der Waals surface area contributed by atoms with E-state index in [2.05, 4.69) is 335 Å². The van der Waals surface area contributed by atoms with E-state index in [0.717, 1.165) is 72.9 Å². The van der Waals surface area contributed by atoms with Crippen molar-refractivity contribution in [1.82, 2.24) is 9.97 Å². The number of anilines is 6. The fraction of sp³-hybridized carbons (Fsp3) is 0.0118. The first kappa shape index (κ1) is 49.5. The van der Waals surface area contributed by atoms with Crippen LogP contribution in [0.4, 0.5) is 34.1 Å². The number of fused-ring (bicyclic) bond motifs is 23. The van der Waals surface area contributed by atoms with E-state index in [-0.39, 0.29) is 0 Å². The highest BCUT2D eigenvalue weighted by molar-refractivity contribution is 6.23. The zero-order valence-corrected chi connectivity index (χ0v) is 48.4. The van der Waals surface area contributed by atoms with Gasteiger partial charge in [-0.3, -0.25) is 0 Å². The van der Waals surface area contributed by atoms with Crippen molar-refractivity contribution in [2.75, 3.05) is 9.80 Å². The summed E-state index contributed by atoms with van der Waals surface area (Å²) in [6.45, 7) is 0. The Labute approximate surface area is 514 Å². The van der Waals surface area contributed by atoms with Crippen molar-refractivity contribution in [2.45, 2.75) is 5.41 Å². The number of aromatic amines is 2. The zero-order valence-electron chi connectivity index (χ0n) is 48.4. The number of rotatable bonds is 8. The smallest absolute Gasteiger partial charge is 0.0737 e. The Morgan fingerprint density at radius 2 is 0.674 bits per heavy atom. The normalized spacial score (nSPS) is 12.8. The number of aromatic nitrogens is 2. The van der Waals surface area contributed by atoms with Crippen LogP contribution in [0.15, 0.2) is 315 Å². The van der Waals surface area contributed by atoms with Crippen molar-refractivity contribution in [3.8, 4) is 44.5 Å². The molecule has 0 atom stereocenters. The maximum absolute atomic E-state index is 3.83. The lowest BCUT2D eigenvalue weighted by Crippen LogP contribution is -2.26. The third-order valence-corrected chi connectivity index (χ3v) is 19.4. The van der Waals surface area contributed by atoms with Crippen LogP contribution in [-0.4, -0.2) is 9.97 Å². The Hall–Kier alpha value is -11.7. The van der Waals surface area contributed by atoms with Gasteiger partial charge in [0, 0.05) is 55.3 Å². The molecule has 4 heteroatoms. The molecule has 0 amide bonds. The molecule has 2 aliphatic carbocycles. The van der Waals surface area contributed by atoms with E-state index in [1.807, 2.05) is 0 Å². The van der Waals surface area contributed by atoms with E-state index in [1.165, 1.54) is 104 Å². The molecule has 2 heterocycles. The van der Waals surface area contributed by atoms with Gasteiger partial charge in [-0.25, -0.2) is 0 Å². The van der Waals surface area contributed by atoms with Crippen LogP contribution in [0.1, 0.15) is 22.3 Å². The summed E-state index contributed by atoms with van der Waals surface area (Å²) in [5.41, 5.74) is 25.5. The average Bonchev–Trinajstić information content (AvgIpc) is 1.49. The minimum absolute atomic E-state index is 0.649. The highest BCUT2D eigenvalue weighted by atomic mass is 15.2. The Morgan fingerprint density at radius 3 is 1.28 bits per heavy atom. The molecule has 0 saturated carbocycles. The first-order chi connectivity index (χ1) is 44.2. The quantitative estimate of drug-likeness (QED) is 0.149. The van der Waals surface area contributed by atoms with Crippen molar-refractivity contribution in [3.63, 3.8) is 0 Å². The van der Waals surface area contributed by atoms with Gasteiger partial charge in [-0.05, 0) is 184 Å². The van der Waals surface area contributed by atoms with E-state index in [1.54, 1.807) is 0 Å². The van der Waals surface area contributed by atoms with Crippen LogP contribution in [0.2, 0.25) is 0 Å². The summed E-state index contributed by atoms with van der Waals surface area (Å²) in [6, 6.07) is 117. The van der Waals surface area contributed by atoms with Crippen LogP contribution in [0.5, 0.6) is 0 Å². The van der Waals surface area contributed by atoms with Gasteiger partial charge in [-0.15, -0.1) is 0 Å². The van der Waals surface area contributed by atoms with E-state index in [0.29, 0.717) is 0 Å². The van der Waals surface area contributed by atoms with E-state index < -0.39 is 5.41 Å². The third kappa shape index (κ3) is 7.11. The molecule has 2 aliphatic rings. The number of hydrogen-bond donors (Lipinski definition) is 2. The molecule has 89 heavy (non-hydrogen) atoms. The molecule has 1 spiro atoms. The first-order valence-electron chi connectivity index (χ1n) is 30.8. The number of hydrogen-bond acceptors (Lipinski definition) is 2. The largest absolute Gasteiger partial charge is 0.353 e. The lowest BCUT2D eigenvalue weighted by molar-refractivity contribution is 0.809. The van der Waals surface area contributed by atoms with Gasteiger partial charge in [-0.1, -0.05) is 231 Å². The van der Waals surface area contributed by atoms with Crippen LogP contribution in [0.3, 0.4) is 0 Å². The maximum Gasteiger partial charge on any atom is 0.0737 e. The molecule has 0 radical (unpaired) electrons. The van der Waals surface area contributed by atoms with Crippen molar-refractivity contribution >= 4 is 110 Å². The van der Waals surface area contributed by atoms with E-state index >= 15 is 0 Å². The van der Waals surface area contributed by atoms with Crippen molar-refractivity contribution in [3.05, 3.63) is 338 Å². The van der Waals surface area contributed by atoms with Crippen LogP contribution in [-0.2, 0) is 5.41 Å². The predicted octanol–water partition coefficient (Wildman–Crippen LogP) is 23.0. The molecule has 15 aromatic carbocycles. The molecule has 2 N–H and O–H groups in total. The molecule has 0 unspecified atom stereocenters. The number of nitrogens with one attached hydrogen (secondary N) is 2. The summed E-state index contributed by atoms with van der Waals surface area (Å²) in [5.74, 6) is 0. The van der Waals surface area contributed by atoms with Gasteiger partial charge in [0.1, 0.15) is 0 Å². The highest BCUT2D eigenvalue weighted by Crippen LogP contribution is 2.67. The molecule has 0 bridgehead atoms. The van der Waals surface area contributed by atoms with Gasteiger partial charge < -0.3 is 19.8 Å². The summed E-state index contributed by atoms with van der Waals surface area (Å²) in [5, 5.41) is 12.3. The van der Waals surface area contributed by atoms with Crippen molar-refractivity contribution < 1.29 is 0 Å². The van der Waals surface area contributed by atoms with Crippen LogP contribution in [0.25, 0.3) is 120 Å². The van der Waals surface area contributed by atoms with Crippen LogP contribution in [0, 0.1) is 0 Å². The summed E-state index contributed by atoms with van der Waals surface area (Å²) in [6.07, 6.45) is 0. The molecular formula is C85H54N4. The Bertz CT molecular complexity index is 5730. The number of nitrogens with zero attached hydrogens (tertiary/aromatic N) is 2. The lowest BCUT2D eigenvalue weighted by atomic mass is 9.68. The number of H-pyrrole nitrogens is 2. The molecule has 2 aromatic heterocycles. The Kier molecular flexibility index (Phi) is 10.7. The molecular weight excluding hydrogens is 1080 g/mol. The second-order valence-corrected chi connectivity index (χ2v) is 24.0. The van der Waals surface area contributed by atoms with Gasteiger partial charge in [0.15, 0.2) is 0 Å². The third-order valence-electron chi connectivity index (χ3n) is 19.4. The van der Waals surface area contributed by atoms with Gasteiger partial charge in [-0.2, -0.15) is 0 Å². The minimum atomic E-state index is -0.649. The van der Waals surface area contributed by atoms with Crippen LogP contribution >= 0.6 is 0 Å². The van der Waals surface area contributed by atoms with E-state index in [4.69, 9.17) is 0 Å². The summed E-state index contributed by atoms with van der Waals surface area (Å²) >= 11 is 0. The van der Waals surface area contributed by atoms with Gasteiger partial charge in [0.25, 0.3) is 0 Å². The molecule has 4 nitrogen and oxygen atoms in total. The van der Waals surface area contributed by atoms with Gasteiger partial charge >= 0.3 is 0 Å². The van der Waals surface area contributed by atoms with Crippen molar-refractivity contribution in [1.29, 1.82) is 0 Å². The SMILES string of the molecule is c1ccc(N(c2cccc(-c3ccc4c5c(c6ccccc6c4c3)-c3cc(-c4cccc(N(c6ccccc6)c6cccc7c6[nH]c6ccccc67)c4)c4ccccc4c3C53c4ccccc4-c4ccccc43)c2)c2cccc3c2[nH]c2ccccc23)cc1. The summed E-state index contributed by atoms with van der Waals surface area (Å²) in [7, 11) is 0. The zero-order chi connectivity index (χ0) is 58.3. The standard InChI is InChI=1S/C85H54N4/c1-3-25-56(26-4-1)88(78-45-21-39-69-64-35-13-17-43-76(64)86-83(69)78)58-29-19-23-53(49-58)54-47-48-68-72(51-54)60-31-7-9-37-66(60)80-73-52-71(61-32-8-10-38-67(61)81(73)85(82(68)80)74-41-15-11-33-62(74)63-34-12-16-42-75(63)85)55-24-20-30-59(50-55)89(57-27-5-2-6-28-57)79-46-22-40-70-65-36-14-18-44-77(65)87-84(70)79/h1-52,86-87H. The molecule has 0 fully saturated rings. The second-order valence-electron chi connectivity index (χ2n) is 24.0.